The van der Waals surface area contributed by atoms with Gasteiger partial charge in [0.05, 0.1) is 5.56 Å². The molecular formula is C21H29F3N4O. The third kappa shape index (κ3) is 4.85. The maximum absolute atomic E-state index is 13.1. The van der Waals surface area contributed by atoms with Crippen LogP contribution in [-0.2, 0) is 16.4 Å². The van der Waals surface area contributed by atoms with E-state index >= 15 is 0 Å². The lowest BCUT2D eigenvalue weighted by molar-refractivity contribution is -0.137. The van der Waals surface area contributed by atoms with Gasteiger partial charge in [-0.05, 0) is 30.9 Å². The minimum atomic E-state index is -4.34. The van der Waals surface area contributed by atoms with E-state index in [0.717, 1.165) is 43.9 Å². The van der Waals surface area contributed by atoms with E-state index in [4.69, 9.17) is 0 Å². The number of likely N-dealkylation sites (tertiary alicyclic amines) is 1. The van der Waals surface area contributed by atoms with E-state index in [-0.39, 0.29) is 17.4 Å². The van der Waals surface area contributed by atoms with Gasteiger partial charge in [-0.3, -0.25) is 9.79 Å². The standard InChI is InChI=1S/C21H29F3N4O/c1-3-18(29)28-11-8-17(13-28)27-19(25-2)26-14-20(9-5-10-20)15-6-4-7-16(12-15)21(22,23)24/h4,6-7,12,17H,3,5,8-11,13-14H2,1-2H3,(H2,25,26,27). The van der Waals surface area contributed by atoms with Crippen LogP contribution in [0.1, 0.15) is 50.2 Å². The van der Waals surface area contributed by atoms with E-state index < -0.39 is 11.7 Å². The van der Waals surface area contributed by atoms with Gasteiger partial charge in [-0.1, -0.05) is 31.5 Å². The van der Waals surface area contributed by atoms with Gasteiger partial charge in [-0.15, -0.1) is 0 Å². The molecule has 3 rings (SSSR count). The number of guanidine groups is 1. The summed E-state index contributed by atoms with van der Waals surface area (Å²) in [6, 6.07) is 5.80. The Morgan fingerprint density at radius 1 is 1.34 bits per heavy atom. The number of halogens is 3. The average Bonchev–Trinajstić information content (AvgIpc) is 3.13. The molecule has 2 N–H and O–H groups in total. The van der Waals surface area contributed by atoms with Crippen LogP contribution in [0.15, 0.2) is 29.3 Å². The van der Waals surface area contributed by atoms with Crippen molar-refractivity contribution in [2.45, 2.75) is 56.7 Å². The molecule has 2 aliphatic rings. The first-order chi connectivity index (χ1) is 13.8. The van der Waals surface area contributed by atoms with Crippen molar-refractivity contribution in [3.8, 4) is 0 Å². The Hall–Kier alpha value is -2.25. The molecule has 0 radical (unpaired) electrons. The number of nitrogens with zero attached hydrogens (tertiary/aromatic N) is 2. The summed E-state index contributed by atoms with van der Waals surface area (Å²) < 4.78 is 39.3. The minimum Gasteiger partial charge on any atom is -0.356 e. The Morgan fingerprint density at radius 2 is 2.10 bits per heavy atom. The number of aliphatic imine (C=N–C) groups is 1. The highest BCUT2D eigenvalue weighted by Crippen LogP contribution is 2.44. The van der Waals surface area contributed by atoms with Crippen LogP contribution in [0.4, 0.5) is 13.2 Å². The van der Waals surface area contributed by atoms with E-state index in [1.165, 1.54) is 12.1 Å². The van der Waals surface area contributed by atoms with E-state index in [9.17, 15) is 18.0 Å². The van der Waals surface area contributed by atoms with Crippen LogP contribution in [0, 0.1) is 0 Å². The molecule has 1 aliphatic carbocycles. The number of carbonyl (C=O) groups excluding carboxylic acids is 1. The normalized spacial score (nSPS) is 21.6. The molecule has 1 aliphatic heterocycles. The molecule has 0 bridgehead atoms. The summed E-state index contributed by atoms with van der Waals surface area (Å²) in [5, 5.41) is 6.66. The number of amides is 1. The number of hydrogen-bond acceptors (Lipinski definition) is 2. The fraction of sp³-hybridized carbons (Fsp3) is 0.619. The van der Waals surface area contributed by atoms with Crippen LogP contribution in [-0.4, -0.2) is 49.5 Å². The highest BCUT2D eigenvalue weighted by molar-refractivity contribution is 5.80. The topological polar surface area (TPSA) is 56.7 Å². The SMILES string of the molecule is CCC(=O)N1CCC(NC(=NC)NCC2(c3cccc(C(F)(F)F)c3)CCC2)C1. The molecule has 8 heteroatoms. The Morgan fingerprint density at radius 3 is 2.69 bits per heavy atom. The van der Waals surface area contributed by atoms with Crippen molar-refractivity contribution >= 4 is 11.9 Å². The summed E-state index contributed by atoms with van der Waals surface area (Å²) in [5.41, 5.74) is -0.184. The lowest BCUT2D eigenvalue weighted by Crippen LogP contribution is -2.51. The van der Waals surface area contributed by atoms with Gasteiger partial charge in [0.1, 0.15) is 0 Å². The van der Waals surface area contributed by atoms with Crippen molar-refractivity contribution in [1.82, 2.24) is 15.5 Å². The Bertz CT molecular complexity index is 759. The lowest BCUT2D eigenvalue weighted by Gasteiger charge is -2.43. The predicted molar refractivity (Wildman–Crippen MR) is 107 cm³/mol. The van der Waals surface area contributed by atoms with Crippen molar-refractivity contribution in [2.24, 2.45) is 4.99 Å². The highest BCUT2D eigenvalue weighted by atomic mass is 19.4. The zero-order chi connectivity index (χ0) is 21.1. The van der Waals surface area contributed by atoms with Gasteiger partial charge >= 0.3 is 6.18 Å². The molecule has 5 nitrogen and oxygen atoms in total. The van der Waals surface area contributed by atoms with Crippen molar-refractivity contribution < 1.29 is 18.0 Å². The number of benzene rings is 1. The summed E-state index contributed by atoms with van der Waals surface area (Å²) >= 11 is 0. The predicted octanol–water partition coefficient (Wildman–Crippen LogP) is 3.30. The third-order valence-electron chi connectivity index (χ3n) is 6.12. The quantitative estimate of drug-likeness (QED) is 0.579. The largest absolute Gasteiger partial charge is 0.416 e. The molecule has 1 saturated carbocycles. The molecule has 1 saturated heterocycles. The van der Waals surface area contributed by atoms with Crippen LogP contribution in [0.5, 0.6) is 0 Å². The van der Waals surface area contributed by atoms with Crippen LogP contribution in [0.25, 0.3) is 0 Å². The first-order valence-corrected chi connectivity index (χ1v) is 10.2. The van der Waals surface area contributed by atoms with Gasteiger partial charge in [-0.25, -0.2) is 0 Å². The monoisotopic (exact) mass is 410 g/mol. The Labute approximate surface area is 169 Å². The van der Waals surface area contributed by atoms with Crippen LogP contribution < -0.4 is 10.6 Å². The van der Waals surface area contributed by atoms with Gasteiger partial charge in [0.2, 0.25) is 5.91 Å². The third-order valence-corrected chi connectivity index (χ3v) is 6.12. The maximum Gasteiger partial charge on any atom is 0.416 e. The fourth-order valence-corrected chi connectivity index (χ4v) is 4.17. The molecule has 2 fully saturated rings. The summed E-state index contributed by atoms with van der Waals surface area (Å²) in [5.74, 6) is 0.772. The van der Waals surface area contributed by atoms with Gasteiger partial charge in [0.15, 0.2) is 5.96 Å². The van der Waals surface area contributed by atoms with Crippen LogP contribution >= 0.6 is 0 Å². The Balaban J connectivity index is 1.62. The highest BCUT2D eigenvalue weighted by Gasteiger charge is 2.40. The summed E-state index contributed by atoms with van der Waals surface area (Å²) in [7, 11) is 1.68. The number of hydrogen-bond donors (Lipinski definition) is 2. The van der Waals surface area contributed by atoms with Crippen molar-refractivity contribution in [1.29, 1.82) is 0 Å². The zero-order valence-electron chi connectivity index (χ0n) is 17.0. The van der Waals surface area contributed by atoms with E-state index in [2.05, 4.69) is 15.6 Å². The van der Waals surface area contributed by atoms with Crippen molar-refractivity contribution in [3.05, 3.63) is 35.4 Å². The summed E-state index contributed by atoms with van der Waals surface area (Å²) in [4.78, 5) is 18.0. The van der Waals surface area contributed by atoms with E-state index in [1.807, 2.05) is 11.8 Å². The van der Waals surface area contributed by atoms with Gasteiger partial charge < -0.3 is 15.5 Å². The fourth-order valence-electron chi connectivity index (χ4n) is 4.17. The van der Waals surface area contributed by atoms with Crippen molar-refractivity contribution in [3.63, 3.8) is 0 Å². The van der Waals surface area contributed by atoms with Gasteiger partial charge in [0, 0.05) is 44.6 Å². The number of rotatable bonds is 5. The minimum absolute atomic E-state index is 0.127. The van der Waals surface area contributed by atoms with Crippen LogP contribution in [0.2, 0.25) is 0 Å². The second-order valence-corrected chi connectivity index (χ2v) is 7.96. The second kappa shape index (κ2) is 8.63. The summed E-state index contributed by atoms with van der Waals surface area (Å²) in [6.07, 6.45) is -0.289. The Kier molecular flexibility index (Phi) is 6.39. The smallest absolute Gasteiger partial charge is 0.356 e. The molecule has 1 unspecified atom stereocenters. The average molecular weight is 410 g/mol. The number of carbonyl (C=O) groups is 1. The number of alkyl halides is 3. The molecule has 29 heavy (non-hydrogen) atoms. The first kappa shape index (κ1) is 21.5. The maximum atomic E-state index is 13.1. The molecule has 1 aromatic rings. The summed E-state index contributed by atoms with van der Waals surface area (Å²) in [6.45, 7) is 3.76. The second-order valence-electron chi connectivity index (χ2n) is 7.96. The van der Waals surface area contributed by atoms with E-state index in [1.54, 1.807) is 13.1 Å². The van der Waals surface area contributed by atoms with E-state index in [0.29, 0.717) is 25.5 Å². The molecule has 160 valence electrons. The molecule has 0 spiro atoms. The van der Waals surface area contributed by atoms with Crippen molar-refractivity contribution in [2.75, 3.05) is 26.7 Å². The molecule has 1 heterocycles. The molecule has 0 aromatic heterocycles. The molecular weight excluding hydrogens is 381 g/mol. The molecule has 1 aromatic carbocycles. The molecule has 1 amide bonds. The van der Waals surface area contributed by atoms with Crippen LogP contribution in [0.3, 0.4) is 0 Å². The lowest BCUT2D eigenvalue weighted by atomic mass is 9.64. The zero-order valence-corrected chi connectivity index (χ0v) is 17.0. The molecule has 1 atom stereocenters. The number of nitrogens with one attached hydrogen (secondary N) is 2. The first-order valence-electron chi connectivity index (χ1n) is 10.2. The van der Waals surface area contributed by atoms with Gasteiger partial charge in [0.25, 0.3) is 0 Å². The van der Waals surface area contributed by atoms with Gasteiger partial charge in [-0.2, -0.15) is 13.2 Å².